The van der Waals surface area contributed by atoms with Gasteiger partial charge in [-0.15, -0.1) is 0 Å². The van der Waals surface area contributed by atoms with Gasteiger partial charge in [-0.05, 0) is 30.7 Å². The molecule has 0 heterocycles. The summed E-state index contributed by atoms with van der Waals surface area (Å²) >= 11 is 5.85. The van der Waals surface area contributed by atoms with E-state index in [0.717, 1.165) is 0 Å². The zero-order valence-corrected chi connectivity index (χ0v) is 11.4. The van der Waals surface area contributed by atoms with Crippen LogP contribution in [0, 0.1) is 24.4 Å². The molecule has 0 aliphatic rings. The van der Waals surface area contributed by atoms with Crippen LogP contribution in [0.2, 0.25) is 5.02 Å². The van der Waals surface area contributed by atoms with E-state index in [9.17, 15) is 18.3 Å². The first-order chi connectivity index (χ1) is 9.40. The van der Waals surface area contributed by atoms with Crippen LogP contribution in [0.5, 0.6) is 0 Å². The molecule has 0 saturated carbocycles. The van der Waals surface area contributed by atoms with Crippen LogP contribution in [0.25, 0.3) is 0 Å². The third-order valence-corrected chi connectivity index (χ3v) is 3.45. The number of hydrogen-bond acceptors (Lipinski definition) is 1. The Morgan fingerprint density at radius 3 is 2.45 bits per heavy atom. The molecule has 0 radical (unpaired) electrons. The highest BCUT2D eigenvalue weighted by Gasteiger charge is 2.19. The molecular weight excluding hydrogens is 289 g/mol. The average molecular weight is 301 g/mol. The quantitative estimate of drug-likeness (QED) is 0.894. The van der Waals surface area contributed by atoms with E-state index in [2.05, 4.69) is 0 Å². The van der Waals surface area contributed by atoms with Gasteiger partial charge in [-0.3, -0.25) is 0 Å². The number of benzene rings is 2. The molecule has 0 spiro atoms. The molecule has 0 aliphatic carbocycles. The molecular formula is C15H12ClF3O. The zero-order valence-electron chi connectivity index (χ0n) is 10.6. The number of aliphatic hydroxyl groups is 1. The average Bonchev–Trinajstić information content (AvgIpc) is 2.38. The highest BCUT2D eigenvalue weighted by molar-refractivity contribution is 6.31. The second-order valence-electron chi connectivity index (χ2n) is 4.54. The summed E-state index contributed by atoms with van der Waals surface area (Å²) in [5.74, 6) is -2.13. The lowest BCUT2D eigenvalue weighted by atomic mass is 9.99. The van der Waals surface area contributed by atoms with Crippen molar-refractivity contribution in [2.24, 2.45) is 0 Å². The molecule has 1 atom stereocenters. The first-order valence-electron chi connectivity index (χ1n) is 5.96. The van der Waals surface area contributed by atoms with Crippen molar-refractivity contribution in [3.63, 3.8) is 0 Å². The second kappa shape index (κ2) is 5.85. The highest BCUT2D eigenvalue weighted by atomic mass is 35.5. The SMILES string of the molecule is Cc1cc(C(O)Cc2c(F)cccc2Cl)c(F)cc1F. The molecule has 2 aromatic carbocycles. The van der Waals surface area contributed by atoms with Gasteiger partial charge in [0.05, 0.1) is 6.10 Å². The van der Waals surface area contributed by atoms with Crippen molar-refractivity contribution < 1.29 is 18.3 Å². The smallest absolute Gasteiger partial charge is 0.131 e. The molecule has 5 heteroatoms. The van der Waals surface area contributed by atoms with Crippen LogP contribution in [0.15, 0.2) is 30.3 Å². The first-order valence-corrected chi connectivity index (χ1v) is 6.34. The first kappa shape index (κ1) is 14.9. The Morgan fingerprint density at radius 1 is 1.10 bits per heavy atom. The van der Waals surface area contributed by atoms with Crippen molar-refractivity contribution in [2.45, 2.75) is 19.4 Å². The molecule has 1 unspecified atom stereocenters. The zero-order chi connectivity index (χ0) is 14.9. The van der Waals surface area contributed by atoms with Gasteiger partial charge in [0, 0.05) is 28.6 Å². The van der Waals surface area contributed by atoms with E-state index in [1.54, 1.807) is 0 Å². The molecule has 2 rings (SSSR count). The van der Waals surface area contributed by atoms with E-state index in [0.29, 0.717) is 6.07 Å². The maximum atomic E-state index is 13.7. The number of hydrogen-bond donors (Lipinski definition) is 1. The van der Waals surface area contributed by atoms with Crippen LogP contribution < -0.4 is 0 Å². The lowest BCUT2D eigenvalue weighted by Gasteiger charge is -2.14. The molecule has 2 aromatic rings. The Balaban J connectivity index is 2.33. The largest absolute Gasteiger partial charge is 0.388 e. The summed E-state index contributed by atoms with van der Waals surface area (Å²) in [7, 11) is 0. The van der Waals surface area contributed by atoms with Crippen molar-refractivity contribution >= 4 is 11.6 Å². The molecule has 0 aliphatic heterocycles. The van der Waals surface area contributed by atoms with E-state index < -0.39 is 23.6 Å². The highest BCUT2D eigenvalue weighted by Crippen LogP contribution is 2.28. The van der Waals surface area contributed by atoms with Crippen molar-refractivity contribution in [1.82, 2.24) is 0 Å². The minimum Gasteiger partial charge on any atom is -0.388 e. The van der Waals surface area contributed by atoms with Gasteiger partial charge in [-0.25, -0.2) is 13.2 Å². The van der Waals surface area contributed by atoms with Crippen LogP contribution in [-0.2, 0) is 6.42 Å². The Labute approximate surface area is 119 Å². The third-order valence-electron chi connectivity index (χ3n) is 3.10. The van der Waals surface area contributed by atoms with Crippen LogP contribution >= 0.6 is 11.6 Å². The third kappa shape index (κ3) is 2.97. The number of aryl methyl sites for hydroxylation is 1. The molecule has 0 aromatic heterocycles. The van der Waals surface area contributed by atoms with E-state index in [1.807, 2.05) is 0 Å². The normalized spacial score (nSPS) is 12.5. The molecule has 106 valence electrons. The fraction of sp³-hybridized carbons (Fsp3) is 0.200. The number of rotatable bonds is 3. The molecule has 1 nitrogen and oxygen atoms in total. The molecule has 0 saturated heterocycles. The Morgan fingerprint density at radius 2 is 1.80 bits per heavy atom. The molecule has 0 amide bonds. The van der Waals surface area contributed by atoms with E-state index >= 15 is 0 Å². The lowest BCUT2D eigenvalue weighted by molar-refractivity contribution is 0.172. The van der Waals surface area contributed by atoms with Gasteiger partial charge < -0.3 is 5.11 Å². The van der Waals surface area contributed by atoms with Crippen molar-refractivity contribution in [1.29, 1.82) is 0 Å². The Bertz CT molecular complexity index is 623. The Hall–Kier alpha value is -1.52. The van der Waals surface area contributed by atoms with Crippen molar-refractivity contribution in [2.75, 3.05) is 0 Å². The summed E-state index contributed by atoms with van der Waals surface area (Å²) in [5.41, 5.74) is 0.228. The summed E-state index contributed by atoms with van der Waals surface area (Å²) in [6.07, 6.45) is -1.49. The van der Waals surface area contributed by atoms with Gasteiger partial charge in [0.15, 0.2) is 0 Å². The fourth-order valence-electron chi connectivity index (χ4n) is 1.97. The maximum Gasteiger partial charge on any atom is 0.131 e. The van der Waals surface area contributed by atoms with Gasteiger partial charge in [-0.1, -0.05) is 17.7 Å². The minimum atomic E-state index is -1.30. The molecule has 0 fully saturated rings. The van der Waals surface area contributed by atoms with E-state index in [4.69, 9.17) is 11.6 Å². The summed E-state index contributed by atoms with van der Waals surface area (Å²) < 4.78 is 40.5. The van der Waals surface area contributed by atoms with Gasteiger partial charge in [0.25, 0.3) is 0 Å². The summed E-state index contributed by atoms with van der Waals surface area (Å²) in [4.78, 5) is 0. The standard InChI is InChI=1S/C15H12ClF3O/c1-8-5-10(14(19)7-13(8)18)15(20)6-9-11(16)3-2-4-12(9)17/h2-5,7,15,20H,6H2,1H3. The number of aliphatic hydroxyl groups excluding tert-OH is 1. The van der Waals surface area contributed by atoms with Crippen LogP contribution in [0.3, 0.4) is 0 Å². The minimum absolute atomic E-state index is 0.0804. The molecule has 20 heavy (non-hydrogen) atoms. The summed E-state index contributed by atoms with van der Waals surface area (Å²) in [5, 5.41) is 10.2. The maximum absolute atomic E-state index is 13.7. The molecule has 0 bridgehead atoms. The Kier molecular flexibility index (Phi) is 4.35. The summed E-state index contributed by atoms with van der Waals surface area (Å²) in [6.45, 7) is 1.46. The molecule has 1 N–H and O–H groups in total. The van der Waals surface area contributed by atoms with Crippen molar-refractivity contribution in [3.05, 3.63) is 69.5 Å². The van der Waals surface area contributed by atoms with E-state index in [-0.39, 0.29) is 28.1 Å². The van der Waals surface area contributed by atoms with Gasteiger partial charge in [0.1, 0.15) is 17.5 Å². The van der Waals surface area contributed by atoms with Gasteiger partial charge in [0.2, 0.25) is 0 Å². The predicted molar refractivity (Wildman–Crippen MR) is 71.2 cm³/mol. The fourth-order valence-corrected chi connectivity index (χ4v) is 2.21. The topological polar surface area (TPSA) is 20.2 Å². The van der Waals surface area contributed by atoms with Crippen molar-refractivity contribution in [3.8, 4) is 0 Å². The lowest BCUT2D eigenvalue weighted by Crippen LogP contribution is -2.07. The summed E-state index contributed by atoms with van der Waals surface area (Å²) in [6, 6.07) is 6.05. The van der Waals surface area contributed by atoms with Crippen LogP contribution in [-0.4, -0.2) is 5.11 Å². The van der Waals surface area contributed by atoms with Crippen LogP contribution in [0.4, 0.5) is 13.2 Å². The predicted octanol–water partition coefficient (Wildman–Crippen LogP) is 4.34. The monoisotopic (exact) mass is 300 g/mol. The van der Waals surface area contributed by atoms with Gasteiger partial charge in [-0.2, -0.15) is 0 Å². The van der Waals surface area contributed by atoms with Crippen LogP contribution in [0.1, 0.15) is 22.8 Å². The second-order valence-corrected chi connectivity index (χ2v) is 4.95. The number of halogens is 4. The van der Waals surface area contributed by atoms with Gasteiger partial charge >= 0.3 is 0 Å². The van der Waals surface area contributed by atoms with E-state index in [1.165, 1.54) is 31.2 Å².